The van der Waals surface area contributed by atoms with E-state index in [2.05, 4.69) is 35.3 Å². The molecular weight excluding hydrogens is 234 g/mol. The van der Waals surface area contributed by atoms with Crippen LogP contribution >= 0.6 is 0 Å². The van der Waals surface area contributed by atoms with E-state index in [9.17, 15) is 5.11 Å². The molecule has 0 aliphatic heterocycles. The normalized spacial score (nSPS) is 12.3. The minimum absolute atomic E-state index is 0.205. The molecule has 2 heteroatoms. The first-order chi connectivity index (χ1) is 9.34. The number of aliphatic hydroxyl groups is 1. The van der Waals surface area contributed by atoms with Gasteiger partial charge >= 0.3 is 0 Å². The Morgan fingerprint density at radius 3 is 2.42 bits per heavy atom. The molecule has 2 rings (SSSR count). The lowest BCUT2D eigenvalue weighted by molar-refractivity contribution is 0.152. The monoisotopic (exact) mass is 255 g/mol. The van der Waals surface area contributed by atoms with Crippen molar-refractivity contribution in [2.75, 3.05) is 0 Å². The standard InChI is InChI=1S/C17H21NO/c19-17(12-11-16-9-5-13-18-14-16)10-4-8-15-6-2-1-3-7-15/h1-3,5-7,9,13-14,17,19H,4,8,10-12H2/t17-/m0/s1. The first kappa shape index (κ1) is 13.8. The van der Waals surface area contributed by atoms with E-state index in [1.165, 1.54) is 11.1 Å². The van der Waals surface area contributed by atoms with Crippen LogP contribution in [0.4, 0.5) is 0 Å². The fourth-order valence-electron chi connectivity index (χ4n) is 2.21. The summed E-state index contributed by atoms with van der Waals surface area (Å²) in [5.41, 5.74) is 2.55. The number of pyridine rings is 1. The zero-order valence-corrected chi connectivity index (χ0v) is 11.2. The molecule has 0 fully saturated rings. The highest BCUT2D eigenvalue weighted by Crippen LogP contribution is 2.10. The topological polar surface area (TPSA) is 33.1 Å². The molecule has 0 saturated carbocycles. The molecule has 0 unspecified atom stereocenters. The molecule has 1 aromatic carbocycles. The molecular formula is C17H21NO. The average Bonchev–Trinajstić information content (AvgIpc) is 2.47. The van der Waals surface area contributed by atoms with Crippen LogP contribution in [0.15, 0.2) is 54.9 Å². The summed E-state index contributed by atoms with van der Waals surface area (Å²) in [6, 6.07) is 14.4. The van der Waals surface area contributed by atoms with Gasteiger partial charge in [0.2, 0.25) is 0 Å². The van der Waals surface area contributed by atoms with Gasteiger partial charge in [0, 0.05) is 12.4 Å². The number of nitrogens with zero attached hydrogens (tertiary/aromatic N) is 1. The van der Waals surface area contributed by atoms with Crippen molar-refractivity contribution >= 4 is 0 Å². The second-order valence-electron chi connectivity index (χ2n) is 4.93. The summed E-state index contributed by atoms with van der Waals surface area (Å²) in [5.74, 6) is 0. The van der Waals surface area contributed by atoms with E-state index >= 15 is 0 Å². The summed E-state index contributed by atoms with van der Waals surface area (Å²) in [7, 11) is 0. The first-order valence-electron chi connectivity index (χ1n) is 6.95. The second-order valence-corrected chi connectivity index (χ2v) is 4.93. The van der Waals surface area contributed by atoms with E-state index in [0.717, 1.165) is 32.1 Å². The molecule has 0 amide bonds. The Labute approximate surface area is 115 Å². The summed E-state index contributed by atoms with van der Waals surface area (Å²) in [4.78, 5) is 4.08. The molecule has 0 spiro atoms. The van der Waals surface area contributed by atoms with Crippen molar-refractivity contribution in [2.45, 2.75) is 38.2 Å². The fourth-order valence-corrected chi connectivity index (χ4v) is 2.21. The van der Waals surface area contributed by atoms with Gasteiger partial charge < -0.3 is 5.11 Å². The van der Waals surface area contributed by atoms with Crippen LogP contribution in [0.3, 0.4) is 0 Å². The lowest BCUT2D eigenvalue weighted by Crippen LogP contribution is -2.08. The van der Waals surface area contributed by atoms with Gasteiger partial charge in [-0.15, -0.1) is 0 Å². The van der Waals surface area contributed by atoms with Crippen molar-refractivity contribution in [1.82, 2.24) is 4.98 Å². The number of hydrogen-bond acceptors (Lipinski definition) is 2. The van der Waals surface area contributed by atoms with Crippen molar-refractivity contribution in [2.24, 2.45) is 0 Å². The van der Waals surface area contributed by atoms with E-state index in [4.69, 9.17) is 0 Å². The van der Waals surface area contributed by atoms with Crippen molar-refractivity contribution in [3.8, 4) is 0 Å². The Balaban J connectivity index is 1.64. The highest BCUT2D eigenvalue weighted by Gasteiger charge is 2.04. The van der Waals surface area contributed by atoms with Crippen LogP contribution in [0.5, 0.6) is 0 Å². The third-order valence-corrected chi connectivity index (χ3v) is 3.33. The summed E-state index contributed by atoms with van der Waals surface area (Å²) in [5, 5.41) is 9.97. The molecule has 1 aromatic heterocycles. The maximum Gasteiger partial charge on any atom is 0.0543 e. The van der Waals surface area contributed by atoms with Crippen molar-refractivity contribution in [1.29, 1.82) is 0 Å². The summed E-state index contributed by atoms with van der Waals surface area (Å²) in [6.07, 6.45) is 8.12. The van der Waals surface area contributed by atoms with Gasteiger partial charge in [-0.1, -0.05) is 36.4 Å². The molecule has 2 nitrogen and oxygen atoms in total. The smallest absolute Gasteiger partial charge is 0.0543 e. The summed E-state index contributed by atoms with van der Waals surface area (Å²) < 4.78 is 0. The van der Waals surface area contributed by atoms with Crippen LogP contribution in [0.2, 0.25) is 0 Å². The van der Waals surface area contributed by atoms with Crippen LogP contribution in [-0.2, 0) is 12.8 Å². The quantitative estimate of drug-likeness (QED) is 0.822. The van der Waals surface area contributed by atoms with E-state index in [1.54, 1.807) is 6.20 Å². The highest BCUT2D eigenvalue weighted by molar-refractivity contribution is 5.14. The molecule has 2 aromatic rings. The average molecular weight is 255 g/mol. The third kappa shape index (κ3) is 5.23. The van der Waals surface area contributed by atoms with Crippen molar-refractivity contribution in [3.05, 3.63) is 66.0 Å². The van der Waals surface area contributed by atoms with Gasteiger partial charge in [0.25, 0.3) is 0 Å². The second kappa shape index (κ2) is 7.70. The van der Waals surface area contributed by atoms with Crippen LogP contribution in [0, 0.1) is 0 Å². The Bertz CT molecular complexity index is 455. The maximum atomic E-state index is 9.97. The summed E-state index contributed by atoms with van der Waals surface area (Å²) in [6.45, 7) is 0. The molecule has 0 saturated heterocycles. The Hall–Kier alpha value is -1.67. The predicted molar refractivity (Wildman–Crippen MR) is 77.9 cm³/mol. The number of aromatic nitrogens is 1. The van der Waals surface area contributed by atoms with Crippen LogP contribution in [0.1, 0.15) is 30.4 Å². The minimum atomic E-state index is -0.205. The number of rotatable bonds is 7. The van der Waals surface area contributed by atoms with Gasteiger partial charge in [-0.2, -0.15) is 0 Å². The molecule has 19 heavy (non-hydrogen) atoms. The van der Waals surface area contributed by atoms with Gasteiger partial charge in [-0.3, -0.25) is 4.98 Å². The van der Waals surface area contributed by atoms with Gasteiger partial charge in [0.05, 0.1) is 6.10 Å². The SMILES string of the molecule is O[C@@H](CCCc1ccccc1)CCc1cccnc1. The van der Waals surface area contributed by atoms with Gasteiger partial charge in [-0.25, -0.2) is 0 Å². The number of aryl methyl sites for hydroxylation is 2. The minimum Gasteiger partial charge on any atom is -0.393 e. The fraction of sp³-hybridized carbons (Fsp3) is 0.353. The molecule has 0 aliphatic carbocycles. The molecule has 1 heterocycles. The van der Waals surface area contributed by atoms with Crippen molar-refractivity contribution in [3.63, 3.8) is 0 Å². The molecule has 0 aliphatic rings. The van der Waals surface area contributed by atoms with E-state index in [1.807, 2.05) is 18.3 Å². The maximum absolute atomic E-state index is 9.97. The Kier molecular flexibility index (Phi) is 5.57. The molecule has 100 valence electrons. The number of benzene rings is 1. The van der Waals surface area contributed by atoms with Gasteiger partial charge in [-0.05, 0) is 49.3 Å². The number of hydrogen-bond donors (Lipinski definition) is 1. The highest BCUT2D eigenvalue weighted by atomic mass is 16.3. The Morgan fingerprint density at radius 2 is 1.68 bits per heavy atom. The van der Waals surface area contributed by atoms with Crippen LogP contribution < -0.4 is 0 Å². The lowest BCUT2D eigenvalue weighted by atomic mass is 10.0. The predicted octanol–water partition coefficient (Wildman–Crippen LogP) is 3.40. The van der Waals surface area contributed by atoms with E-state index < -0.39 is 0 Å². The number of aliphatic hydroxyl groups excluding tert-OH is 1. The molecule has 1 atom stereocenters. The zero-order chi connectivity index (χ0) is 13.3. The lowest BCUT2D eigenvalue weighted by Gasteiger charge is -2.10. The summed E-state index contributed by atoms with van der Waals surface area (Å²) >= 11 is 0. The Morgan fingerprint density at radius 1 is 0.895 bits per heavy atom. The van der Waals surface area contributed by atoms with E-state index in [0.29, 0.717) is 0 Å². The van der Waals surface area contributed by atoms with Gasteiger partial charge in [0.15, 0.2) is 0 Å². The molecule has 0 radical (unpaired) electrons. The van der Waals surface area contributed by atoms with Crippen LogP contribution in [0.25, 0.3) is 0 Å². The van der Waals surface area contributed by atoms with E-state index in [-0.39, 0.29) is 6.10 Å². The van der Waals surface area contributed by atoms with Crippen molar-refractivity contribution < 1.29 is 5.11 Å². The third-order valence-electron chi connectivity index (χ3n) is 3.33. The van der Waals surface area contributed by atoms with Crippen LogP contribution in [-0.4, -0.2) is 16.2 Å². The first-order valence-corrected chi connectivity index (χ1v) is 6.95. The zero-order valence-electron chi connectivity index (χ0n) is 11.2. The molecule has 0 bridgehead atoms. The van der Waals surface area contributed by atoms with Gasteiger partial charge in [0.1, 0.15) is 0 Å². The largest absolute Gasteiger partial charge is 0.393 e. The molecule has 1 N–H and O–H groups in total.